The summed E-state index contributed by atoms with van der Waals surface area (Å²) in [5, 5.41) is 3.01. The molecule has 1 unspecified atom stereocenters. The molecule has 1 aliphatic carbocycles. The molecule has 29 heavy (non-hydrogen) atoms. The van der Waals surface area contributed by atoms with Crippen molar-refractivity contribution in [2.24, 2.45) is 0 Å². The van der Waals surface area contributed by atoms with Crippen LogP contribution in [0.5, 0.6) is 0 Å². The zero-order valence-corrected chi connectivity index (χ0v) is 18.4. The lowest BCUT2D eigenvalue weighted by Crippen LogP contribution is -2.38. The second kappa shape index (κ2) is 8.09. The number of carbonyl (C=O) groups excluding carboxylic acids is 2. The van der Waals surface area contributed by atoms with E-state index >= 15 is 0 Å². The first-order valence-corrected chi connectivity index (χ1v) is 11.2. The molecule has 1 aromatic heterocycles. The van der Waals surface area contributed by atoms with Crippen molar-refractivity contribution in [2.45, 2.75) is 30.7 Å². The number of rotatable bonds is 6. The van der Waals surface area contributed by atoms with Crippen molar-refractivity contribution in [3.8, 4) is 0 Å². The van der Waals surface area contributed by atoms with E-state index in [0.29, 0.717) is 27.9 Å². The Morgan fingerprint density at radius 2 is 1.93 bits per heavy atom. The van der Waals surface area contributed by atoms with Crippen LogP contribution >= 0.6 is 22.9 Å². The number of likely N-dealkylation sites (tertiary alicyclic amines) is 1. The van der Waals surface area contributed by atoms with Crippen LogP contribution in [0.4, 0.5) is 0 Å². The molecule has 2 aromatic rings. The lowest BCUT2D eigenvalue weighted by atomic mass is 9.94. The normalized spacial score (nSPS) is 20.1. The van der Waals surface area contributed by atoms with Crippen LogP contribution in [0.1, 0.15) is 44.9 Å². The molecule has 154 valence electrons. The summed E-state index contributed by atoms with van der Waals surface area (Å²) < 4.78 is 0.598. The molecule has 0 radical (unpaired) electrons. The van der Waals surface area contributed by atoms with Gasteiger partial charge in [-0.05, 0) is 63.2 Å². The Labute approximate surface area is 180 Å². The SMILES string of the molecule is CN(C)CC1(c2ccc(C(=O)N3CCC(NC(=O)c4ccc(Cl)s4)C3)cc2)CC1. The second-order valence-corrected chi connectivity index (χ2v) is 10.1. The van der Waals surface area contributed by atoms with Crippen molar-refractivity contribution < 1.29 is 9.59 Å². The lowest BCUT2D eigenvalue weighted by Gasteiger charge is -2.21. The van der Waals surface area contributed by atoms with Gasteiger partial charge < -0.3 is 15.1 Å². The molecule has 1 aliphatic heterocycles. The van der Waals surface area contributed by atoms with Gasteiger partial charge in [-0.15, -0.1) is 11.3 Å². The van der Waals surface area contributed by atoms with Gasteiger partial charge >= 0.3 is 0 Å². The van der Waals surface area contributed by atoms with E-state index in [9.17, 15) is 9.59 Å². The number of nitrogens with one attached hydrogen (secondary N) is 1. The van der Waals surface area contributed by atoms with Gasteiger partial charge in [-0.2, -0.15) is 0 Å². The number of carbonyl (C=O) groups is 2. The summed E-state index contributed by atoms with van der Waals surface area (Å²) in [5.74, 6) is -0.0916. The zero-order valence-electron chi connectivity index (χ0n) is 16.8. The number of nitrogens with zero attached hydrogens (tertiary/aromatic N) is 2. The maximum atomic E-state index is 12.9. The van der Waals surface area contributed by atoms with E-state index in [2.05, 4.69) is 36.4 Å². The monoisotopic (exact) mass is 431 g/mol. The number of thiophene rings is 1. The van der Waals surface area contributed by atoms with Gasteiger partial charge in [-0.25, -0.2) is 0 Å². The average molecular weight is 432 g/mol. The minimum atomic E-state index is -0.124. The summed E-state index contributed by atoms with van der Waals surface area (Å²) in [5.41, 5.74) is 2.30. The van der Waals surface area contributed by atoms with Gasteiger partial charge in [-0.3, -0.25) is 9.59 Å². The smallest absolute Gasteiger partial charge is 0.261 e. The van der Waals surface area contributed by atoms with Crippen molar-refractivity contribution in [3.63, 3.8) is 0 Å². The number of likely N-dealkylation sites (N-methyl/N-ethyl adjacent to an activating group) is 1. The van der Waals surface area contributed by atoms with Crippen molar-refractivity contribution in [1.82, 2.24) is 15.1 Å². The highest BCUT2D eigenvalue weighted by Crippen LogP contribution is 2.48. The Balaban J connectivity index is 1.35. The van der Waals surface area contributed by atoms with Crippen molar-refractivity contribution in [1.29, 1.82) is 0 Å². The number of benzene rings is 1. The molecule has 5 nitrogen and oxygen atoms in total. The fourth-order valence-electron chi connectivity index (χ4n) is 4.20. The highest BCUT2D eigenvalue weighted by molar-refractivity contribution is 7.18. The van der Waals surface area contributed by atoms with Gasteiger partial charge in [0.15, 0.2) is 0 Å². The van der Waals surface area contributed by atoms with Crippen LogP contribution in [-0.2, 0) is 5.41 Å². The van der Waals surface area contributed by atoms with E-state index in [-0.39, 0.29) is 23.3 Å². The van der Waals surface area contributed by atoms with Gasteiger partial charge in [0.1, 0.15) is 0 Å². The Morgan fingerprint density at radius 1 is 1.21 bits per heavy atom. The highest BCUT2D eigenvalue weighted by Gasteiger charge is 2.44. The molecule has 1 atom stereocenters. The third-order valence-corrected chi connectivity index (χ3v) is 7.05. The summed E-state index contributed by atoms with van der Waals surface area (Å²) in [6.07, 6.45) is 3.18. The van der Waals surface area contributed by atoms with Crippen LogP contribution in [0.25, 0.3) is 0 Å². The molecular formula is C22H26ClN3O2S. The van der Waals surface area contributed by atoms with Gasteiger partial charge in [-0.1, -0.05) is 23.7 Å². The van der Waals surface area contributed by atoms with E-state index in [1.807, 2.05) is 17.0 Å². The summed E-state index contributed by atoms with van der Waals surface area (Å²) in [7, 11) is 4.21. The predicted molar refractivity (Wildman–Crippen MR) is 117 cm³/mol. The highest BCUT2D eigenvalue weighted by atomic mass is 35.5. The van der Waals surface area contributed by atoms with Crippen molar-refractivity contribution >= 4 is 34.8 Å². The summed E-state index contributed by atoms with van der Waals surface area (Å²) in [6, 6.07) is 11.5. The predicted octanol–water partition coefficient (Wildman–Crippen LogP) is 3.64. The fourth-order valence-corrected chi connectivity index (χ4v) is 5.14. The molecular weight excluding hydrogens is 406 g/mol. The first-order chi connectivity index (χ1) is 13.9. The third kappa shape index (κ3) is 4.49. The van der Waals surface area contributed by atoms with Gasteiger partial charge in [0.2, 0.25) is 0 Å². The zero-order chi connectivity index (χ0) is 20.6. The number of hydrogen-bond donors (Lipinski definition) is 1. The maximum Gasteiger partial charge on any atom is 0.261 e. The van der Waals surface area contributed by atoms with Gasteiger partial charge in [0.25, 0.3) is 11.8 Å². The fraction of sp³-hybridized carbons (Fsp3) is 0.455. The van der Waals surface area contributed by atoms with E-state index in [4.69, 9.17) is 11.6 Å². The molecule has 0 bridgehead atoms. The first kappa shape index (κ1) is 20.4. The average Bonchev–Trinajstić information content (AvgIpc) is 3.10. The molecule has 1 aromatic carbocycles. The quantitative estimate of drug-likeness (QED) is 0.759. The largest absolute Gasteiger partial charge is 0.347 e. The topological polar surface area (TPSA) is 52.7 Å². The Bertz CT molecular complexity index is 905. The second-order valence-electron chi connectivity index (χ2n) is 8.41. The minimum absolute atomic E-state index is 0.0265. The number of halogens is 1. The lowest BCUT2D eigenvalue weighted by molar-refractivity contribution is 0.0783. The van der Waals surface area contributed by atoms with Gasteiger partial charge in [0, 0.05) is 36.7 Å². The molecule has 7 heteroatoms. The third-order valence-electron chi connectivity index (χ3n) is 5.82. The Kier molecular flexibility index (Phi) is 5.69. The molecule has 4 rings (SSSR count). The minimum Gasteiger partial charge on any atom is -0.347 e. The van der Waals surface area contributed by atoms with Crippen LogP contribution in [0.3, 0.4) is 0 Å². The van der Waals surface area contributed by atoms with Gasteiger partial charge in [0.05, 0.1) is 9.21 Å². The van der Waals surface area contributed by atoms with Crippen LogP contribution in [0, 0.1) is 0 Å². The standard InChI is InChI=1S/C22H26ClN3O2S/c1-25(2)14-22(10-11-22)16-5-3-15(4-6-16)21(28)26-12-9-17(13-26)24-20(27)18-7-8-19(23)29-18/h3-8,17H,9-14H2,1-2H3,(H,24,27). The van der Waals surface area contributed by atoms with E-state index < -0.39 is 0 Å². The van der Waals surface area contributed by atoms with Crippen LogP contribution in [0.2, 0.25) is 4.34 Å². The first-order valence-electron chi connectivity index (χ1n) is 9.97. The van der Waals surface area contributed by atoms with Crippen LogP contribution in [-0.4, -0.2) is 61.4 Å². The van der Waals surface area contributed by atoms with E-state index in [0.717, 1.165) is 13.0 Å². The molecule has 1 saturated carbocycles. The van der Waals surface area contributed by atoms with Crippen LogP contribution in [0.15, 0.2) is 36.4 Å². The van der Waals surface area contributed by atoms with E-state index in [1.165, 1.54) is 29.7 Å². The number of amides is 2. The van der Waals surface area contributed by atoms with Crippen molar-refractivity contribution in [2.75, 3.05) is 33.7 Å². The Morgan fingerprint density at radius 3 is 2.52 bits per heavy atom. The maximum absolute atomic E-state index is 12.9. The molecule has 2 heterocycles. The number of hydrogen-bond acceptors (Lipinski definition) is 4. The molecule has 0 spiro atoms. The summed E-state index contributed by atoms with van der Waals surface area (Å²) >= 11 is 7.17. The molecule has 1 N–H and O–H groups in total. The molecule has 2 fully saturated rings. The Hall–Kier alpha value is -1.89. The molecule has 1 saturated heterocycles. The van der Waals surface area contributed by atoms with Crippen LogP contribution < -0.4 is 5.32 Å². The molecule has 2 amide bonds. The van der Waals surface area contributed by atoms with E-state index in [1.54, 1.807) is 12.1 Å². The molecule has 2 aliphatic rings. The van der Waals surface area contributed by atoms with Crippen molar-refractivity contribution in [3.05, 3.63) is 56.7 Å². The summed E-state index contributed by atoms with van der Waals surface area (Å²) in [4.78, 5) is 29.9. The summed E-state index contributed by atoms with van der Waals surface area (Å²) in [6.45, 7) is 2.24.